The highest BCUT2D eigenvalue weighted by Crippen LogP contribution is 2.33. The molecule has 1 saturated heterocycles. The van der Waals surface area contributed by atoms with E-state index in [1.165, 1.54) is 13.2 Å². The molecular formula is C13H14F3NO. The second-order valence-electron chi connectivity index (χ2n) is 4.23. The number of halogens is 3. The molecule has 1 aliphatic heterocycles. The maximum absolute atomic E-state index is 12.5. The highest BCUT2D eigenvalue weighted by Gasteiger charge is 2.31. The van der Waals surface area contributed by atoms with Gasteiger partial charge in [-0.05, 0) is 12.1 Å². The molecule has 0 amide bonds. The lowest BCUT2D eigenvalue weighted by Gasteiger charge is -2.23. The first-order valence-corrected chi connectivity index (χ1v) is 5.65. The molecule has 18 heavy (non-hydrogen) atoms. The quantitative estimate of drug-likeness (QED) is 0.899. The second kappa shape index (κ2) is 5.02. The van der Waals surface area contributed by atoms with Crippen LogP contribution in [-0.2, 0) is 6.18 Å². The topological polar surface area (TPSA) is 21.3 Å². The van der Waals surface area contributed by atoms with E-state index in [-0.39, 0.29) is 5.75 Å². The van der Waals surface area contributed by atoms with Gasteiger partial charge in [0.25, 0.3) is 0 Å². The lowest BCUT2D eigenvalue weighted by atomic mass is 10.0. The van der Waals surface area contributed by atoms with Crippen molar-refractivity contribution in [2.24, 2.45) is 5.92 Å². The van der Waals surface area contributed by atoms with E-state index in [1.54, 1.807) is 0 Å². The van der Waals surface area contributed by atoms with Gasteiger partial charge >= 0.3 is 6.18 Å². The van der Waals surface area contributed by atoms with Crippen molar-refractivity contribution in [1.82, 2.24) is 5.32 Å². The summed E-state index contributed by atoms with van der Waals surface area (Å²) in [5, 5.41) is 3.12. The average molecular weight is 257 g/mol. The van der Waals surface area contributed by atoms with Crippen LogP contribution in [0.3, 0.4) is 0 Å². The van der Waals surface area contributed by atoms with Crippen LogP contribution in [0.25, 0.3) is 6.08 Å². The van der Waals surface area contributed by atoms with Crippen LogP contribution in [0.5, 0.6) is 5.75 Å². The van der Waals surface area contributed by atoms with Crippen molar-refractivity contribution in [2.45, 2.75) is 6.18 Å². The fourth-order valence-electron chi connectivity index (χ4n) is 1.71. The summed E-state index contributed by atoms with van der Waals surface area (Å²) in [4.78, 5) is 0. The minimum absolute atomic E-state index is 0.244. The molecule has 0 aliphatic carbocycles. The molecule has 0 bridgehead atoms. The molecule has 0 aromatic heterocycles. The van der Waals surface area contributed by atoms with Crippen molar-refractivity contribution >= 4 is 6.08 Å². The summed E-state index contributed by atoms with van der Waals surface area (Å²) in [5.74, 6) is 0.699. The fraction of sp³-hybridized carbons (Fsp3) is 0.385. The van der Waals surface area contributed by atoms with Crippen LogP contribution in [0, 0.1) is 5.92 Å². The lowest BCUT2D eigenvalue weighted by Crippen LogP contribution is -2.40. The molecule has 98 valence electrons. The van der Waals surface area contributed by atoms with E-state index in [4.69, 9.17) is 4.74 Å². The van der Waals surface area contributed by atoms with Crippen LogP contribution in [0.2, 0.25) is 0 Å². The van der Waals surface area contributed by atoms with E-state index < -0.39 is 11.7 Å². The van der Waals surface area contributed by atoms with Crippen LogP contribution in [0.15, 0.2) is 24.3 Å². The minimum Gasteiger partial charge on any atom is -0.496 e. The summed E-state index contributed by atoms with van der Waals surface area (Å²) < 4.78 is 42.6. The van der Waals surface area contributed by atoms with Gasteiger partial charge in [-0.15, -0.1) is 0 Å². The molecule has 1 aromatic rings. The number of nitrogens with one attached hydrogen (secondary N) is 1. The molecule has 2 rings (SSSR count). The highest BCUT2D eigenvalue weighted by molar-refractivity contribution is 5.58. The monoisotopic (exact) mass is 257 g/mol. The molecule has 1 aromatic carbocycles. The molecule has 0 radical (unpaired) electrons. The number of ether oxygens (including phenoxy) is 1. The first kappa shape index (κ1) is 13.0. The number of alkyl halides is 3. The molecule has 5 heteroatoms. The zero-order valence-electron chi connectivity index (χ0n) is 9.92. The van der Waals surface area contributed by atoms with Gasteiger partial charge in [0.05, 0.1) is 12.7 Å². The third-order valence-corrected chi connectivity index (χ3v) is 2.92. The molecule has 0 unspecified atom stereocenters. The van der Waals surface area contributed by atoms with E-state index in [9.17, 15) is 13.2 Å². The van der Waals surface area contributed by atoms with E-state index >= 15 is 0 Å². The Hall–Kier alpha value is -1.49. The molecular weight excluding hydrogens is 243 g/mol. The average Bonchev–Trinajstić information content (AvgIpc) is 2.25. The van der Waals surface area contributed by atoms with Crippen LogP contribution in [-0.4, -0.2) is 20.2 Å². The zero-order valence-corrected chi connectivity index (χ0v) is 9.92. The third kappa shape index (κ3) is 2.85. The SMILES string of the molecule is COc1cc(C(F)(F)F)ccc1C=CC1CNC1. The Morgan fingerprint density at radius 3 is 2.56 bits per heavy atom. The Morgan fingerprint density at radius 2 is 2.06 bits per heavy atom. The smallest absolute Gasteiger partial charge is 0.416 e. The predicted octanol–water partition coefficient (Wildman–Crippen LogP) is 2.95. The summed E-state index contributed by atoms with van der Waals surface area (Å²) in [6.07, 6.45) is -0.542. The van der Waals surface area contributed by atoms with Crippen molar-refractivity contribution in [3.05, 3.63) is 35.4 Å². The van der Waals surface area contributed by atoms with Gasteiger partial charge in [0.2, 0.25) is 0 Å². The predicted molar refractivity (Wildman–Crippen MR) is 63.4 cm³/mol. The van der Waals surface area contributed by atoms with E-state index in [0.29, 0.717) is 11.5 Å². The second-order valence-corrected chi connectivity index (χ2v) is 4.23. The molecule has 1 aliphatic rings. The number of hydrogen-bond donors (Lipinski definition) is 1. The molecule has 0 saturated carbocycles. The van der Waals surface area contributed by atoms with Gasteiger partial charge in [0.1, 0.15) is 5.75 Å². The Bertz CT molecular complexity index is 450. The number of methoxy groups -OCH3 is 1. The van der Waals surface area contributed by atoms with Crippen molar-refractivity contribution in [3.63, 3.8) is 0 Å². The third-order valence-electron chi connectivity index (χ3n) is 2.92. The number of benzene rings is 1. The van der Waals surface area contributed by atoms with Crippen LogP contribution in [0.4, 0.5) is 13.2 Å². The van der Waals surface area contributed by atoms with Gasteiger partial charge in [-0.25, -0.2) is 0 Å². The molecule has 1 N–H and O–H groups in total. The first-order chi connectivity index (χ1) is 8.50. The van der Waals surface area contributed by atoms with Gasteiger partial charge in [0.15, 0.2) is 0 Å². The summed E-state index contributed by atoms with van der Waals surface area (Å²) in [7, 11) is 1.37. The van der Waals surface area contributed by atoms with Crippen LogP contribution < -0.4 is 10.1 Å². The van der Waals surface area contributed by atoms with Gasteiger partial charge in [-0.2, -0.15) is 13.2 Å². The first-order valence-electron chi connectivity index (χ1n) is 5.65. The Balaban J connectivity index is 2.22. The van der Waals surface area contributed by atoms with Crippen LogP contribution in [0.1, 0.15) is 11.1 Å². The standard InChI is InChI=1S/C13H14F3NO/c1-18-12-6-11(13(14,15)16)5-4-10(12)3-2-9-7-17-8-9/h2-6,9,17H,7-8H2,1H3. The zero-order chi connectivity index (χ0) is 13.2. The van der Waals surface area contributed by atoms with E-state index in [1.807, 2.05) is 12.2 Å². The molecule has 1 heterocycles. The summed E-state index contributed by atoms with van der Waals surface area (Å²) in [6.45, 7) is 1.83. The highest BCUT2D eigenvalue weighted by atomic mass is 19.4. The summed E-state index contributed by atoms with van der Waals surface area (Å²) in [5.41, 5.74) is -0.0285. The van der Waals surface area contributed by atoms with Crippen LogP contribution >= 0.6 is 0 Å². The largest absolute Gasteiger partial charge is 0.496 e. The minimum atomic E-state index is -4.34. The fourth-order valence-corrected chi connectivity index (χ4v) is 1.71. The Kier molecular flexibility index (Phi) is 3.61. The normalized spacial score (nSPS) is 16.9. The van der Waals surface area contributed by atoms with Gasteiger partial charge in [0, 0.05) is 24.6 Å². The van der Waals surface area contributed by atoms with Crippen molar-refractivity contribution in [1.29, 1.82) is 0 Å². The van der Waals surface area contributed by atoms with E-state index in [2.05, 4.69) is 5.32 Å². The van der Waals surface area contributed by atoms with Gasteiger partial charge < -0.3 is 10.1 Å². The lowest BCUT2D eigenvalue weighted by molar-refractivity contribution is -0.137. The van der Waals surface area contributed by atoms with E-state index in [0.717, 1.165) is 25.2 Å². The number of rotatable bonds is 3. The van der Waals surface area contributed by atoms with Crippen molar-refractivity contribution in [3.8, 4) is 5.75 Å². The Labute approximate surface area is 103 Å². The molecule has 0 atom stereocenters. The van der Waals surface area contributed by atoms with Gasteiger partial charge in [-0.1, -0.05) is 18.2 Å². The summed E-state index contributed by atoms with van der Waals surface area (Å²) >= 11 is 0. The summed E-state index contributed by atoms with van der Waals surface area (Å²) in [6, 6.07) is 3.53. The van der Waals surface area contributed by atoms with Crippen molar-refractivity contribution in [2.75, 3.05) is 20.2 Å². The van der Waals surface area contributed by atoms with Crippen molar-refractivity contribution < 1.29 is 17.9 Å². The van der Waals surface area contributed by atoms with Gasteiger partial charge in [-0.3, -0.25) is 0 Å². The Morgan fingerprint density at radius 1 is 1.33 bits per heavy atom. The molecule has 1 fully saturated rings. The maximum Gasteiger partial charge on any atom is 0.416 e. The molecule has 0 spiro atoms. The molecule has 2 nitrogen and oxygen atoms in total. The number of hydrogen-bond acceptors (Lipinski definition) is 2. The maximum atomic E-state index is 12.5.